The van der Waals surface area contributed by atoms with Crippen LogP contribution in [0.4, 0.5) is 5.82 Å². The predicted molar refractivity (Wildman–Crippen MR) is 105 cm³/mol. The van der Waals surface area contributed by atoms with Crippen molar-refractivity contribution in [1.29, 1.82) is 0 Å². The van der Waals surface area contributed by atoms with Gasteiger partial charge >= 0.3 is 0 Å². The highest BCUT2D eigenvalue weighted by Crippen LogP contribution is 2.33. The second-order valence-electron chi connectivity index (χ2n) is 6.00. The zero-order chi connectivity index (χ0) is 16.7. The first-order valence-electron chi connectivity index (χ1n) is 7.83. The molecule has 0 atom stereocenters. The molecule has 0 aliphatic carbocycles. The molecule has 24 heavy (non-hydrogen) atoms. The van der Waals surface area contributed by atoms with Gasteiger partial charge in [0.15, 0.2) is 0 Å². The van der Waals surface area contributed by atoms with Crippen LogP contribution in [0.25, 0.3) is 10.9 Å². The van der Waals surface area contributed by atoms with E-state index in [-0.39, 0.29) is 0 Å². The number of nitrogens with zero attached hydrogens (tertiary/aromatic N) is 2. The Hall–Kier alpha value is -1.42. The first kappa shape index (κ1) is 16.1. The van der Waals surface area contributed by atoms with E-state index in [0.29, 0.717) is 0 Å². The van der Waals surface area contributed by atoms with E-state index in [1.807, 2.05) is 30.0 Å². The number of fused-ring (bicyclic) bond motifs is 2. The first-order valence-corrected chi connectivity index (χ1v) is 9.57. The van der Waals surface area contributed by atoms with Gasteiger partial charge < -0.3 is 4.90 Å². The molecule has 0 unspecified atom stereocenters. The van der Waals surface area contributed by atoms with Gasteiger partial charge in [0.2, 0.25) is 0 Å². The minimum absolute atomic E-state index is 0.756. The number of anilines is 1. The lowest BCUT2D eigenvalue weighted by Crippen LogP contribution is -2.24. The number of aromatic nitrogens is 1. The van der Waals surface area contributed by atoms with Crippen molar-refractivity contribution in [3.8, 4) is 0 Å². The summed E-state index contributed by atoms with van der Waals surface area (Å²) in [5.74, 6) is 1.93. The lowest BCUT2D eigenvalue weighted by molar-refractivity contribution is 0.821. The molecule has 122 valence electrons. The van der Waals surface area contributed by atoms with Crippen molar-refractivity contribution in [1.82, 2.24) is 4.98 Å². The van der Waals surface area contributed by atoms with E-state index < -0.39 is 0 Å². The topological polar surface area (TPSA) is 16.1 Å². The van der Waals surface area contributed by atoms with E-state index in [4.69, 9.17) is 28.2 Å². The summed E-state index contributed by atoms with van der Waals surface area (Å²) in [6.07, 6.45) is 0. The van der Waals surface area contributed by atoms with Crippen molar-refractivity contribution >= 4 is 51.7 Å². The fraction of sp³-hybridized carbons (Fsp3) is 0.211. The molecule has 0 bridgehead atoms. The monoisotopic (exact) mass is 374 g/mol. The molecule has 0 fully saturated rings. The van der Waals surface area contributed by atoms with Gasteiger partial charge in [-0.2, -0.15) is 0 Å². The van der Waals surface area contributed by atoms with Crippen LogP contribution in [-0.2, 0) is 6.54 Å². The van der Waals surface area contributed by atoms with E-state index in [2.05, 4.69) is 36.1 Å². The molecule has 0 spiro atoms. The van der Waals surface area contributed by atoms with Crippen LogP contribution in [0.5, 0.6) is 0 Å². The van der Waals surface area contributed by atoms with E-state index in [0.717, 1.165) is 45.6 Å². The number of rotatable bonds is 1. The molecule has 0 N–H and O–H groups in total. The summed E-state index contributed by atoms with van der Waals surface area (Å²) in [6.45, 7) is 3.82. The quantitative estimate of drug-likeness (QED) is 0.522. The van der Waals surface area contributed by atoms with Crippen molar-refractivity contribution in [2.75, 3.05) is 17.2 Å². The molecule has 2 heterocycles. The maximum atomic E-state index is 6.53. The molecule has 1 aromatic heterocycles. The Morgan fingerprint density at radius 2 is 1.96 bits per heavy atom. The van der Waals surface area contributed by atoms with Crippen LogP contribution in [0.15, 0.2) is 47.4 Å². The number of benzene rings is 2. The van der Waals surface area contributed by atoms with Gasteiger partial charge in [-0.1, -0.05) is 40.9 Å². The molecule has 0 saturated heterocycles. The third-order valence-corrected chi connectivity index (χ3v) is 5.86. The molecule has 0 amide bonds. The number of pyridine rings is 1. The van der Waals surface area contributed by atoms with Crippen LogP contribution in [0.3, 0.4) is 0 Å². The second-order valence-corrected chi connectivity index (χ2v) is 7.99. The van der Waals surface area contributed by atoms with Gasteiger partial charge in [0.1, 0.15) is 5.82 Å². The lowest BCUT2D eigenvalue weighted by atomic mass is 10.1. The Morgan fingerprint density at radius 1 is 1.08 bits per heavy atom. The Balaban J connectivity index is 1.74. The largest absolute Gasteiger partial charge is 0.351 e. The lowest BCUT2D eigenvalue weighted by Gasteiger charge is -2.22. The molecular weight excluding hydrogens is 359 g/mol. The van der Waals surface area contributed by atoms with Gasteiger partial charge in [-0.25, -0.2) is 4.98 Å². The van der Waals surface area contributed by atoms with Crippen molar-refractivity contribution in [2.24, 2.45) is 0 Å². The van der Waals surface area contributed by atoms with Crippen LogP contribution in [0.2, 0.25) is 10.0 Å². The molecule has 2 nitrogen and oxygen atoms in total. The fourth-order valence-electron chi connectivity index (χ4n) is 2.99. The van der Waals surface area contributed by atoms with Gasteiger partial charge in [0.25, 0.3) is 0 Å². The molecule has 2 aromatic carbocycles. The highest BCUT2D eigenvalue weighted by molar-refractivity contribution is 7.99. The Kier molecular flexibility index (Phi) is 4.33. The summed E-state index contributed by atoms with van der Waals surface area (Å²) in [5, 5.41) is 2.56. The SMILES string of the molecule is Cc1ccc2nc(N3CCSc4cc(Cl)ccc4C3)cc(Cl)c2c1. The van der Waals surface area contributed by atoms with Gasteiger partial charge in [-0.05, 0) is 42.8 Å². The number of halogens is 2. The smallest absolute Gasteiger partial charge is 0.131 e. The van der Waals surface area contributed by atoms with Crippen LogP contribution < -0.4 is 4.90 Å². The third kappa shape index (κ3) is 3.08. The number of aryl methyl sites for hydroxylation is 1. The zero-order valence-corrected chi connectivity index (χ0v) is 15.5. The fourth-order valence-corrected chi connectivity index (χ4v) is 4.53. The van der Waals surface area contributed by atoms with Crippen molar-refractivity contribution < 1.29 is 0 Å². The summed E-state index contributed by atoms with van der Waals surface area (Å²) in [6, 6.07) is 14.3. The number of hydrogen-bond donors (Lipinski definition) is 0. The number of hydrogen-bond acceptors (Lipinski definition) is 3. The molecule has 5 heteroatoms. The van der Waals surface area contributed by atoms with Crippen LogP contribution in [0.1, 0.15) is 11.1 Å². The molecule has 3 aromatic rings. The van der Waals surface area contributed by atoms with Crippen LogP contribution >= 0.6 is 35.0 Å². The summed E-state index contributed by atoms with van der Waals surface area (Å²) < 4.78 is 0. The van der Waals surface area contributed by atoms with Gasteiger partial charge in [-0.3, -0.25) is 0 Å². The summed E-state index contributed by atoms with van der Waals surface area (Å²) in [4.78, 5) is 8.39. The number of thioether (sulfide) groups is 1. The second kappa shape index (κ2) is 6.47. The van der Waals surface area contributed by atoms with Crippen molar-refractivity contribution in [3.63, 3.8) is 0 Å². The average Bonchev–Trinajstić information content (AvgIpc) is 2.77. The van der Waals surface area contributed by atoms with Crippen LogP contribution in [-0.4, -0.2) is 17.3 Å². The van der Waals surface area contributed by atoms with E-state index in [1.54, 1.807) is 0 Å². The molecule has 0 saturated carbocycles. The average molecular weight is 375 g/mol. The summed E-state index contributed by atoms with van der Waals surface area (Å²) in [5.41, 5.74) is 3.41. The minimum atomic E-state index is 0.756. The molecule has 0 radical (unpaired) electrons. The Bertz CT molecular complexity index is 927. The normalized spacial score (nSPS) is 14.5. The highest BCUT2D eigenvalue weighted by Gasteiger charge is 2.18. The Labute approximate surface area is 155 Å². The highest BCUT2D eigenvalue weighted by atomic mass is 35.5. The summed E-state index contributed by atoms with van der Waals surface area (Å²) >= 11 is 14.5. The van der Waals surface area contributed by atoms with E-state index in [9.17, 15) is 0 Å². The first-order chi connectivity index (χ1) is 11.6. The standard InChI is InChI=1S/C19H16Cl2N2S/c1-12-2-5-17-15(8-12)16(21)10-19(22-17)23-6-7-24-18-9-14(20)4-3-13(18)11-23/h2-5,8-10H,6-7,11H2,1H3. The molecule has 4 rings (SSSR count). The van der Waals surface area contributed by atoms with Crippen molar-refractivity contribution in [3.05, 3.63) is 63.6 Å². The maximum absolute atomic E-state index is 6.53. The minimum Gasteiger partial charge on any atom is -0.351 e. The van der Waals surface area contributed by atoms with E-state index in [1.165, 1.54) is 16.0 Å². The maximum Gasteiger partial charge on any atom is 0.131 e. The van der Waals surface area contributed by atoms with Gasteiger partial charge in [0, 0.05) is 34.1 Å². The van der Waals surface area contributed by atoms with Gasteiger partial charge in [-0.15, -0.1) is 11.8 Å². The predicted octanol–water partition coefficient (Wildman–Crippen LogP) is 5.96. The van der Waals surface area contributed by atoms with E-state index >= 15 is 0 Å². The molecular formula is C19H16Cl2N2S. The van der Waals surface area contributed by atoms with Gasteiger partial charge in [0.05, 0.1) is 10.5 Å². The molecule has 1 aliphatic rings. The molecule has 1 aliphatic heterocycles. The zero-order valence-electron chi connectivity index (χ0n) is 13.2. The summed E-state index contributed by atoms with van der Waals surface area (Å²) in [7, 11) is 0. The third-order valence-electron chi connectivity index (χ3n) is 4.23. The Morgan fingerprint density at radius 3 is 2.83 bits per heavy atom. The van der Waals surface area contributed by atoms with Crippen LogP contribution in [0, 0.1) is 6.92 Å². The van der Waals surface area contributed by atoms with Crippen molar-refractivity contribution in [2.45, 2.75) is 18.4 Å².